The van der Waals surface area contributed by atoms with Crippen molar-refractivity contribution in [3.8, 4) is 17.1 Å². The van der Waals surface area contributed by atoms with Crippen LogP contribution in [0.3, 0.4) is 0 Å². The van der Waals surface area contributed by atoms with Crippen LogP contribution in [0.25, 0.3) is 27.9 Å². The monoisotopic (exact) mass is 466 g/mol. The number of benzene rings is 2. The molecule has 0 unspecified atom stereocenters. The number of hydrogen-bond acceptors (Lipinski definition) is 7. The number of carbonyl (C=O) groups excluding carboxylic acids is 1. The minimum atomic E-state index is -0.0143. The number of anilines is 1. The number of fused-ring (bicyclic) bond motifs is 3. The predicted molar refractivity (Wildman–Crippen MR) is 126 cm³/mol. The van der Waals surface area contributed by atoms with Gasteiger partial charge in [-0.05, 0) is 30.3 Å². The third-order valence-corrected chi connectivity index (χ3v) is 6.05. The molecule has 0 radical (unpaired) electrons. The van der Waals surface area contributed by atoms with Gasteiger partial charge in [-0.3, -0.25) is 4.79 Å². The number of amides is 1. The number of methoxy groups -OCH3 is 2. The summed E-state index contributed by atoms with van der Waals surface area (Å²) in [6.45, 7) is 2.47. The van der Waals surface area contributed by atoms with Gasteiger partial charge in [0.15, 0.2) is 11.5 Å². The molecule has 0 N–H and O–H groups in total. The van der Waals surface area contributed by atoms with Gasteiger partial charge >= 0.3 is 0 Å². The molecular weight excluding hydrogens is 444 g/mol. The van der Waals surface area contributed by atoms with Gasteiger partial charge in [-0.1, -0.05) is 23.7 Å². The largest absolute Gasteiger partial charge is 0.496 e. The van der Waals surface area contributed by atoms with Crippen molar-refractivity contribution in [3.63, 3.8) is 0 Å². The summed E-state index contributed by atoms with van der Waals surface area (Å²) in [5, 5.41) is 10.5. The lowest BCUT2D eigenvalue weighted by molar-refractivity contribution is -0.135. The molecule has 1 saturated heterocycles. The van der Waals surface area contributed by atoms with Crippen LogP contribution in [0, 0.1) is 0 Å². The number of para-hydroxylation sites is 1. The number of carbonyl (C=O) groups is 1. The van der Waals surface area contributed by atoms with Crippen molar-refractivity contribution >= 4 is 40.0 Å². The average molecular weight is 467 g/mol. The van der Waals surface area contributed by atoms with E-state index >= 15 is 0 Å². The molecule has 170 valence electrons. The predicted octanol–water partition coefficient (Wildman–Crippen LogP) is 2.90. The molecule has 2 aromatic carbocycles. The number of ether oxygens (including phenoxy) is 2. The highest BCUT2D eigenvalue weighted by molar-refractivity contribution is 6.31. The second-order valence-electron chi connectivity index (χ2n) is 7.76. The first-order valence-electron chi connectivity index (χ1n) is 10.6. The molecular formula is C23H23ClN6O3. The van der Waals surface area contributed by atoms with Crippen LogP contribution in [0.4, 0.5) is 5.95 Å². The fourth-order valence-corrected chi connectivity index (χ4v) is 4.35. The van der Waals surface area contributed by atoms with E-state index in [1.165, 1.54) is 7.11 Å². The first-order chi connectivity index (χ1) is 16.1. The summed E-state index contributed by atoms with van der Waals surface area (Å²) >= 11 is 6.26. The Balaban J connectivity index is 1.65. The Hall–Kier alpha value is -3.43. The first-order valence-corrected chi connectivity index (χ1v) is 11.0. The molecule has 9 nitrogen and oxygen atoms in total. The van der Waals surface area contributed by atoms with Crippen molar-refractivity contribution < 1.29 is 14.3 Å². The number of halogens is 1. The lowest BCUT2D eigenvalue weighted by atomic mass is 10.2. The Labute approximate surface area is 195 Å². The molecule has 33 heavy (non-hydrogen) atoms. The van der Waals surface area contributed by atoms with Crippen LogP contribution < -0.4 is 9.64 Å². The summed E-state index contributed by atoms with van der Waals surface area (Å²) in [6, 6.07) is 13.3. The number of hydrogen-bond donors (Lipinski definition) is 0. The van der Waals surface area contributed by atoms with Gasteiger partial charge in [0, 0.05) is 43.7 Å². The molecule has 0 saturated carbocycles. The maximum absolute atomic E-state index is 12.2. The Kier molecular flexibility index (Phi) is 5.74. The molecule has 0 spiro atoms. The maximum atomic E-state index is 12.2. The Morgan fingerprint density at radius 1 is 1.06 bits per heavy atom. The molecule has 1 aliphatic rings. The van der Waals surface area contributed by atoms with Gasteiger partial charge in [0.2, 0.25) is 11.9 Å². The topological polar surface area (TPSA) is 85.1 Å². The maximum Gasteiger partial charge on any atom is 0.248 e. The van der Waals surface area contributed by atoms with E-state index in [0.29, 0.717) is 54.4 Å². The van der Waals surface area contributed by atoms with E-state index in [-0.39, 0.29) is 12.5 Å². The van der Waals surface area contributed by atoms with Gasteiger partial charge in [0.05, 0.1) is 18.2 Å². The first kappa shape index (κ1) is 21.4. The quantitative estimate of drug-likeness (QED) is 0.447. The smallest absolute Gasteiger partial charge is 0.248 e. The van der Waals surface area contributed by atoms with Gasteiger partial charge in [-0.15, -0.1) is 10.2 Å². The van der Waals surface area contributed by atoms with E-state index in [9.17, 15) is 4.79 Å². The molecule has 10 heteroatoms. The summed E-state index contributed by atoms with van der Waals surface area (Å²) in [6.07, 6.45) is 0. The number of aromatic nitrogens is 4. The molecule has 4 aromatic rings. The van der Waals surface area contributed by atoms with Crippen molar-refractivity contribution in [1.29, 1.82) is 0 Å². The molecule has 0 bridgehead atoms. The fraction of sp³-hybridized carbons (Fsp3) is 0.304. The number of nitrogens with zero attached hydrogens (tertiary/aromatic N) is 6. The van der Waals surface area contributed by atoms with Crippen molar-refractivity contribution in [2.24, 2.45) is 0 Å². The van der Waals surface area contributed by atoms with Gasteiger partial charge in [-0.25, -0.2) is 9.38 Å². The summed E-state index contributed by atoms with van der Waals surface area (Å²) < 4.78 is 12.5. The zero-order chi connectivity index (χ0) is 22.9. The minimum absolute atomic E-state index is 0.0143. The van der Waals surface area contributed by atoms with Crippen LogP contribution in [0.5, 0.6) is 5.75 Å². The SMILES string of the molecule is COCC(=O)N1CCN(c2nc3cc(Cl)ccc3c3nnc(-c4ccccc4OC)n23)CC1. The second-order valence-corrected chi connectivity index (χ2v) is 8.19. The van der Waals surface area contributed by atoms with Crippen LogP contribution in [0.15, 0.2) is 42.5 Å². The van der Waals surface area contributed by atoms with Gasteiger partial charge < -0.3 is 19.3 Å². The van der Waals surface area contributed by atoms with Crippen LogP contribution >= 0.6 is 11.6 Å². The highest BCUT2D eigenvalue weighted by atomic mass is 35.5. The summed E-state index contributed by atoms with van der Waals surface area (Å²) in [5.41, 5.74) is 2.24. The molecule has 0 atom stereocenters. The average Bonchev–Trinajstić information content (AvgIpc) is 3.28. The lowest BCUT2D eigenvalue weighted by Gasteiger charge is -2.35. The minimum Gasteiger partial charge on any atom is -0.496 e. The summed E-state index contributed by atoms with van der Waals surface area (Å²) in [5.74, 6) is 2.02. The number of piperazine rings is 1. The van der Waals surface area contributed by atoms with E-state index in [4.69, 9.17) is 26.1 Å². The zero-order valence-corrected chi connectivity index (χ0v) is 19.1. The molecule has 3 heterocycles. The van der Waals surface area contributed by atoms with Gasteiger partial charge in [0.1, 0.15) is 12.4 Å². The van der Waals surface area contributed by atoms with Crippen LogP contribution in [-0.4, -0.2) is 77.4 Å². The molecule has 0 aliphatic carbocycles. The van der Waals surface area contributed by atoms with Gasteiger partial charge in [0.25, 0.3) is 0 Å². The van der Waals surface area contributed by atoms with Crippen LogP contribution in [0.1, 0.15) is 0 Å². The van der Waals surface area contributed by atoms with Gasteiger partial charge in [-0.2, -0.15) is 0 Å². The zero-order valence-electron chi connectivity index (χ0n) is 18.4. The van der Waals surface area contributed by atoms with Crippen molar-refractivity contribution in [2.75, 3.05) is 51.9 Å². The van der Waals surface area contributed by atoms with E-state index < -0.39 is 0 Å². The third kappa shape index (κ3) is 3.83. The summed E-state index contributed by atoms with van der Waals surface area (Å²) in [7, 11) is 3.16. The highest BCUT2D eigenvalue weighted by Crippen LogP contribution is 2.33. The lowest BCUT2D eigenvalue weighted by Crippen LogP contribution is -2.50. The fourth-order valence-electron chi connectivity index (χ4n) is 4.18. The molecule has 1 aliphatic heterocycles. The van der Waals surface area contributed by atoms with Crippen molar-refractivity contribution in [3.05, 3.63) is 47.5 Å². The molecule has 2 aromatic heterocycles. The van der Waals surface area contributed by atoms with E-state index in [1.54, 1.807) is 7.11 Å². The van der Waals surface area contributed by atoms with Crippen LogP contribution in [-0.2, 0) is 9.53 Å². The molecule has 1 amide bonds. The van der Waals surface area contributed by atoms with E-state index in [0.717, 1.165) is 16.5 Å². The Morgan fingerprint density at radius 3 is 2.61 bits per heavy atom. The Morgan fingerprint density at radius 2 is 1.85 bits per heavy atom. The second kappa shape index (κ2) is 8.84. The summed E-state index contributed by atoms with van der Waals surface area (Å²) in [4.78, 5) is 21.2. The van der Waals surface area contributed by atoms with E-state index in [1.807, 2.05) is 51.8 Å². The van der Waals surface area contributed by atoms with Crippen molar-refractivity contribution in [1.82, 2.24) is 24.5 Å². The van der Waals surface area contributed by atoms with Crippen LogP contribution in [0.2, 0.25) is 5.02 Å². The molecule has 1 fully saturated rings. The molecule has 5 rings (SSSR count). The Bertz CT molecular complexity index is 1330. The standard InChI is InChI=1S/C23H23ClN6O3/c1-32-14-20(31)28-9-11-29(12-10-28)23-25-18-13-15(24)7-8-16(18)21-26-27-22(30(21)23)17-5-3-4-6-19(17)33-2/h3-8,13H,9-12,14H2,1-2H3. The normalized spacial score (nSPS) is 14.3. The highest BCUT2D eigenvalue weighted by Gasteiger charge is 2.26. The third-order valence-electron chi connectivity index (χ3n) is 5.82. The van der Waals surface area contributed by atoms with E-state index in [2.05, 4.69) is 15.1 Å². The van der Waals surface area contributed by atoms with Crippen molar-refractivity contribution in [2.45, 2.75) is 0 Å². The number of rotatable bonds is 5.